The monoisotopic (exact) mass is 276 g/mol. The highest BCUT2D eigenvalue weighted by Crippen LogP contribution is 2.15. The average molecular weight is 276 g/mol. The lowest BCUT2D eigenvalue weighted by Crippen LogP contribution is -2.09. The van der Waals surface area contributed by atoms with Crippen LogP contribution >= 0.6 is 0 Å². The van der Waals surface area contributed by atoms with Gasteiger partial charge in [-0.05, 0) is 43.5 Å². The van der Waals surface area contributed by atoms with Crippen LogP contribution in [0, 0.1) is 0 Å². The number of hydrogen-bond acceptors (Lipinski definition) is 3. The number of benzene rings is 1. The summed E-state index contributed by atoms with van der Waals surface area (Å²) in [6, 6.07) is 7.67. The molecule has 1 unspecified atom stereocenters. The first kappa shape index (κ1) is 16.3. The van der Waals surface area contributed by atoms with Crippen molar-refractivity contribution >= 4 is 12.0 Å². The summed E-state index contributed by atoms with van der Waals surface area (Å²) in [5.41, 5.74) is 0.953. The van der Waals surface area contributed by atoms with Gasteiger partial charge in [-0.15, -0.1) is 0 Å². The molecule has 0 amide bonds. The summed E-state index contributed by atoms with van der Waals surface area (Å²) in [6.45, 7) is 6.68. The third kappa shape index (κ3) is 6.41. The second kappa shape index (κ2) is 9.18. The summed E-state index contributed by atoms with van der Waals surface area (Å²) in [4.78, 5) is 11.4. The zero-order chi connectivity index (χ0) is 14.8. The van der Waals surface area contributed by atoms with E-state index in [4.69, 9.17) is 9.47 Å². The van der Waals surface area contributed by atoms with Gasteiger partial charge in [0, 0.05) is 6.08 Å². The quantitative estimate of drug-likeness (QED) is 0.405. The van der Waals surface area contributed by atoms with Gasteiger partial charge in [0.2, 0.25) is 0 Å². The number of ether oxygens (including phenoxy) is 2. The van der Waals surface area contributed by atoms with Crippen LogP contribution < -0.4 is 4.74 Å². The van der Waals surface area contributed by atoms with Crippen molar-refractivity contribution in [1.29, 1.82) is 0 Å². The molecule has 3 nitrogen and oxygen atoms in total. The van der Waals surface area contributed by atoms with Crippen molar-refractivity contribution in [3.63, 3.8) is 0 Å². The molecule has 110 valence electrons. The number of carbonyl (C=O) groups is 1. The first-order valence-electron chi connectivity index (χ1n) is 7.27. The van der Waals surface area contributed by atoms with Crippen molar-refractivity contribution in [2.24, 2.45) is 0 Å². The standard InChI is InChI=1S/C17H24O3/c1-4-6-13-19-17(18)12-9-15-7-10-16(11-8-15)20-14(3)5-2/h7-12,14H,4-6,13H2,1-3H3. The van der Waals surface area contributed by atoms with E-state index in [0.29, 0.717) is 6.61 Å². The SMILES string of the molecule is CCCCOC(=O)C=Cc1ccc(OC(C)CC)cc1. The predicted octanol–water partition coefficient (Wildman–Crippen LogP) is 4.22. The molecule has 20 heavy (non-hydrogen) atoms. The third-order valence-corrected chi connectivity index (χ3v) is 2.95. The molecule has 1 atom stereocenters. The average Bonchev–Trinajstić information content (AvgIpc) is 2.46. The number of unbranched alkanes of at least 4 members (excludes halogenated alkanes) is 1. The Labute approximate surface area is 121 Å². The van der Waals surface area contributed by atoms with Crippen molar-refractivity contribution in [2.45, 2.75) is 46.1 Å². The summed E-state index contributed by atoms with van der Waals surface area (Å²) < 4.78 is 10.7. The van der Waals surface area contributed by atoms with E-state index in [-0.39, 0.29) is 12.1 Å². The molecular formula is C17H24O3. The maximum atomic E-state index is 11.4. The van der Waals surface area contributed by atoms with E-state index in [2.05, 4.69) is 13.8 Å². The Balaban J connectivity index is 2.46. The minimum Gasteiger partial charge on any atom is -0.491 e. The number of esters is 1. The topological polar surface area (TPSA) is 35.5 Å². The summed E-state index contributed by atoms with van der Waals surface area (Å²) in [5, 5.41) is 0. The first-order valence-corrected chi connectivity index (χ1v) is 7.27. The molecule has 0 N–H and O–H groups in total. The van der Waals surface area contributed by atoms with Crippen LogP contribution in [0.15, 0.2) is 30.3 Å². The largest absolute Gasteiger partial charge is 0.491 e. The zero-order valence-electron chi connectivity index (χ0n) is 12.6. The van der Waals surface area contributed by atoms with Gasteiger partial charge in [0.25, 0.3) is 0 Å². The third-order valence-electron chi connectivity index (χ3n) is 2.95. The molecule has 1 aromatic carbocycles. The van der Waals surface area contributed by atoms with E-state index in [0.717, 1.165) is 30.6 Å². The fourth-order valence-electron chi connectivity index (χ4n) is 1.50. The van der Waals surface area contributed by atoms with Gasteiger partial charge in [0.15, 0.2) is 0 Å². The Bertz CT molecular complexity index is 420. The second-order valence-electron chi connectivity index (χ2n) is 4.76. The maximum Gasteiger partial charge on any atom is 0.330 e. The van der Waals surface area contributed by atoms with E-state index in [1.807, 2.05) is 31.2 Å². The van der Waals surface area contributed by atoms with Crippen molar-refractivity contribution in [3.05, 3.63) is 35.9 Å². The van der Waals surface area contributed by atoms with Crippen LogP contribution in [0.3, 0.4) is 0 Å². The van der Waals surface area contributed by atoms with Gasteiger partial charge in [-0.1, -0.05) is 32.4 Å². The molecule has 0 saturated carbocycles. The van der Waals surface area contributed by atoms with Crippen LogP contribution in [0.1, 0.15) is 45.6 Å². The second-order valence-corrected chi connectivity index (χ2v) is 4.76. The van der Waals surface area contributed by atoms with E-state index in [1.54, 1.807) is 6.08 Å². The highest BCUT2D eigenvalue weighted by molar-refractivity contribution is 5.87. The van der Waals surface area contributed by atoms with Crippen LogP contribution in [0.25, 0.3) is 6.08 Å². The predicted molar refractivity (Wildman–Crippen MR) is 81.7 cm³/mol. The van der Waals surface area contributed by atoms with Crippen LogP contribution in [0.4, 0.5) is 0 Å². The summed E-state index contributed by atoms with van der Waals surface area (Å²) >= 11 is 0. The van der Waals surface area contributed by atoms with Gasteiger partial charge in [-0.2, -0.15) is 0 Å². The Kier molecular flexibility index (Phi) is 7.48. The minimum absolute atomic E-state index is 0.213. The van der Waals surface area contributed by atoms with Gasteiger partial charge in [-0.3, -0.25) is 0 Å². The van der Waals surface area contributed by atoms with Gasteiger partial charge in [0.05, 0.1) is 12.7 Å². The molecule has 0 aliphatic carbocycles. The van der Waals surface area contributed by atoms with E-state index >= 15 is 0 Å². The highest BCUT2D eigenvalue weighted by atomic mass is 16.5. The molecule has 0 aromatic heterocycles. The number of hydrogen-bond donors (Lipinski definition) is 0. The van der Waals surface area contributed by atoms with Crippen molar-refractivity contribution in [3.8, 4) is 5.75 Å². The molecule has 0 radical (unpaired) electrons. The molecular weight excluding hydrogens is 252 g/mol. The summed E-state index contributed by atoms with van der Waals surface area (Å²) in [7, 11) is 0. The van der Waals surface area contributed by atoms with Crippen LogP contribution in [-0.4, -0.2) is 18.7 Å². The van der Waals surface area contributed by atoms with Crippen molar-refractivity contribution in [2.75, 3.05) is 6.61 Å². The molecule has 0 bridgehead atoms. The van der Waals surface area contributed by atoms with Gasteiger partial charge >= 0.3 is 5.97 Å². The molecule has 3 heteroatoms. The maximum absolute atomic E-state index is 11.4. The fraction of sp³-hybridized carbons (Fsp3) is 0.471. The lowest BCUT2D eigenvalue weighted by molar-refractivity contribution is -0.137. The van der Waals surface area contributed by atoms with Crippen LogP contribution in [-0.2, 0) is 9.53 Å². The molecule has 0 fully saturated rings. The summed E-state index contributed by atoms with van der Waals surface area (Å²) in [6.07, 6.45) is 6.33. The first-order chi connectivity index (χ1) is 9.65. The minimum atomic E-state index is -0.293. The molecule has 0 spiro atoms. The molecule has 0 saturated heterocycles. The molecule has 1 aromatic rings. The van der Waals surface area contributed by atoms with E-state index in [9.17, 15) is 4.79 Å². The molecule has 0 aliphatic rings. The summed E-state index contributed by atoms with van der Waals surface area (Å²) in [5.74, 6) is 0.556. The lowest BCUT2D eigenvalue weighted by Gasteiger charge is -2.12. The lowest BCUT2D eigenvalue weighted by atomic mass is 10.2. The molecule has 0 heterocycles. The van der Waals surface area contributed by atoms with Gasteiger partial charge in [-0.25, -0.2) is 4.79 Å². The van der Waals surface area contributed by atoms with Gasteiger partial charge in [0.1, 0.15) is 5.75 Å². The molecule has 0 aliphatic heterocycles. The van der Waals surface area contributed by atoms with E-state index < -0.39 is 0 Å². The fourth-order valence-corrected chi connectivity index (χ4v) is 1.50. The number of carbonyl (C=O) groups excluding carboxylic acids is 1. The Hall–Kier alpha value is -1.77. The zero-order valence-corrected chi connectivity index (χ0v) is 12.6. The van der Waals surface area contributed by atoms with Crippen LogP contribution in [0.5, 0.6) is 5.75 Å². The molecule has 1 rings (SSSR count). The Morgan fingerprint density at radius 3 is 2.55 bits per heavy atom. The number of rotatable bonds is 8. The smallest absolute Gasteiger partial charge is 0.330 e. The van der Waals surface area contributed by atoms with Gasteiger partial charge < -0.3 is 9.47 Å². The van der Waals surface area contributed by atoms with Crippen LogP contribution in [0.2, 0.25) is 0 Å². The Morgan fingerprint density at radius 2 is 1.95 bits per heavy atom. The Morgan fingerprint density at radius 1 is 1.25 bits per heavy atom. The van der Waals surface area contributed by atoms with Crippen molar-refractivity contribution < 1.29 is 14.3 Å². The van der Waals surface area contributed by atoms with E-state index in [1.165, 1.54) is 6.08 Å². The van der Waals surface area contributed by atoms with Crippen molar-refractivity contribution in [1.82, 2.24) is 0 Å². The normalized spacial score (nSPS) is 12.3. The highest BCUT2D eigenvalue weighted by Gasteiger charge is 2.00.